The van der Waals surface area contributed by atoms with Crippen molar-refractivity contribution in [3.8, 4) is 5.75 Å². The number of ether oxygens (including phenoxy) is 1. The largest absolute Gasteiger partial charge is 0.491 e. The van der Waals surface area contributed by atoms with Gasteiger partial charge in [-0.1, -0.05) is 6.07 Å². The van der Waals surface area contributed by atoms with Crippen LogP contribution >= 0.6 is 0 Å². The van der Waals surface area contributed by atoms with Crippen LogP contribution in [0.3, 0.4) is 0 Å². The van der Waals surface area contributed by atoms with E-state index >= 15 is 0 Å². The number of aliphatic hydroxyl groups is 1. The number of benzene rings is 1. The van der Waals surface area contributed by atoms with E-state index in [4.69, 9.17) is 4.74 Å². The zero-order valence-corrected chi connectivity index (χ0v) is 11.4. The Morgan fingerprint density at radius 1 is 1.22 bits per heavy atom. The van der Waals surface area contributed by atoms with Gasteiger partial charge in [-0.2, -0.15) is 0 Å². The van der Waals surface area contributed by atoms with Gasteiger partial charge in [0.25, 0.3) is 0 Å². The molecule has 1 saturated heterocycles. The summed E-state index contributed by atoms with van der Waals surface area (Å²) in [7, 11) is 0. The first-order valence-corrected chi connectivity index (χ1v) is 6.87. The van der Waals surface area contributed by atoms with E-state index in [1.807, 2.05) is 12.1 Å². The average molecular weight is 250 g/mol. The molecular weight excluding hydrogens is 226 g/mol. The van der Waals surface area contributed by atoms with Gasteiger partial charge in [-0.05, 0) is 37.1 Å². The van der Waals surface area contributed by atoms with Crippen molar-refractivity contribution in [2.45, 2.75) is 32.8 Å². The molecule has 1 heterocycles. The highest BCUT2D eigenvalue weighted by Crippen LogP contribution is 2.16. The summed E-state index contributed by atoms with van der Waals surface area (Å²) in [5.74, 6) is 0.855. The lowest BCUT2D eigenvalue weighted by Gasteiger charge is -2.17. The quantitative estimate of drug-likeness (QED) is 0.807. The van der Waals surface area contributed by atoms with E-state index < -0.39 is 0 Å². The van der Waals surface area contributed by atoms with Gasteiger partial charge in [-0.25, -0.2) is 0 Å². The lowest BCUT2D eigenvalue weighted by atomic mass is 10.1. The lowest BCUT2D eigenvalue weighted by Crippen LogP contribution is -3.11. The number of hydrogen-bond acceptors (Lipinski definition) is 2. The van der Waals surface area contributed by atoms with E-state index in [0.29, 0.717) is 6.61 Å². The minimum atomic E-state index is -0.361. The van der Waals surface area contributed by atoms with Crippen molar-refractivity contribution in [1.29, 1.82) is 0 Å². The third kappa shape index (κ3) is 3.72. The maximum absolute atomic E-state index is 9.95. The number of aliphatic hydroxyl groups excluding tert-OH is 1. The van der Waals surface area contributed by atoms with Crippen molar-refractivity contribution in [2.75, 3.05) is 26.2 Å². The summed E-state index contributed by atoms with van der Waals surface area (Å²) >= 11 is 0. The monoisotopic (exact) mass is 250 g/mol. The van der Waals surface area contributed by atoms with Crippen LogP contribution in [0.15, 0.2) is 18.2 Å². The molecule has 1 aliphatic heterocycles. The minimum absolute atomic E-state index is 0.361. The van der Waals surface area contributed by atoms with Crippen molar-refractivity contribution >= 4 is 0 Å². The smallest absolute Gasteiger partial charge is 0.137 e. The maximum Gasteiger partial charge on any atom is 0.137 e. The van der Waals surface area contributed by atoms with E-state index in [9.17, 15) is 5.11 Å². The molecule has 1 aromatic rings. The van der Waals surface area contributed by atoms with Crippen LogP contribution in [0.4, 0.5) is 0 Å². The number of hydrogen-bond donors (Lipinski definition) is 2. The number of aryl methyl sites for hydroxylation is 2. The third-order valence-electron chi connectivity index (χ3n) is 3.76. The molecule has 0 spiro atoms. The van der Waals surface area contributed by atoms with E-state index in [1.54, 1.807) is 0 Å². The molecule has 0 radical (unpaired) electrons. The van der Waals surface area contributed by atoms with Gasteiger partial charge in [0.15, 0.2) is 0 Å². The predicted molar refractivity (Wildman–Crippen MR) is 72.2 cm³/mol. The summed E-state index contributed by atoms with van der Waals surface area (Å²) in [5.41, 5.74) is 2.50. The van der Waals surface area contributed by atoms with Gasteiger partial charge in [-0.3, -0.25) is 0 Å². The Labute approximate surface area is 109 Å². The van der Waals surface area contributed by atoms with Gasteiger partial charge in [0.05, 0.1) is 13.1 Å². The SMILES string of the molecule is Cc1ccc(OCC(O)C[NH+]2CCCC2)cc1C. The second kappa shape index (κ2) is 6.21. The fraction of sp³-hybridized carbons (Fsp3) is 0.600. The van der Waals surface area contributed by atoms with Crippen LogP contribution in [-0.2, 0) is 0 Å². The molecule has 1 unspecified atom stereocenters. The second-order valence-corrected chi connectivity index (χ2v) is 5.37. The van der Waals surface area contributed by atoms with Crippen LogP contribution in [0.2, 0.25) is 0 Å². The normalized spacial score (nSPS) is 17.9. The Bertz CT molecular complexity index is 386. The first kappa shape index (κ1) is 13.4. The number of quaternary nitrogens is 1. The van der Waals surface area contributed by atoms with Gasteiger partial charge < -0.3 is 14.7 Å². The number of rotatable bonds is 5. The first-order chi connectivity index (χ1) is 8.65. The third-order valence-corrected chi connectivity index (χ3v) is 3.76. The highest BCUT2D eigenvalue weighted by atomic mass is 16.5. The van der Waals surface area contributed by atoms with E-state index in [-0.39, 0.29) is 6.10 Å². The summed E-state index contributed by atoms with van der Waals surface area (Å²) in [6.07, 6.45) is 2.22. The van der Waals surface area contributed by atoms with Crippen LogP contribution in [0.25, 0.3) is 0 Å². The Morgan fingerprint density at radius 3 is 2.61 bits per heavy atom. The molecule has 0 bridgehead atoms. The van der Waals surface area contributed by atoms with Crippen molar-refractivity contribution < 1.29 is 14.7 Å². The molecule has 1 aliphatic rings. The molecule has 0 aliphatic carbocycles. The van der Waals surface area contributed by atoms with Gasteiger partial charge in [0, 0.05) is 12.8 Å². The van der Waals surface area contributed by atoms with Gasteiger partial charge in [0.2, 0.25) is 0 Å². The van der Waals surface area contributed by atoms with Crippen LogP contribution in [-0.4, -0.2) is 37.5 Å². The minimum Gasteiger partial charge on any atom is -0.491 e. The Hall–Kier alpha value is -1.06. The van der Waals surface area contributed by atoms with Crippen LogP contribution < -0.4 is 9.64 Å². The number of nitrogens with one attached hydrogen (secondary N) is 1. The summed E-state index contributed by atoms with van der Waals surface area (Å²) < 4.78 is 5.65. The molecule has 3 heteroatoms. The van der Waals surface area contributed by atoms with E-state index in [2.05, 4.69) is 19.9 Å². The van der Waals surface area contributed by atoms with Crippen molar-refractivity contribution in [2.24, 2.45) is 0 Å². The highest BCUT2D eigenvalue weighted by Gasteiger charge is 2.19. The predicted octanol–water partition coefficient (Wildman–Crippen LogP) is 0.722. The van der Waals surface area contributed by atoms with E-state index in [0.717, 1.165) is 12.3 Å². The summed E-state index contributed by atoms with van der Waals surface area (Å²) in [5, 5.41) is 9.95. The van der Waals surface area contributed by atoms with Crippen LogP contribution in [0, 0.1) is 13.8 Å². The van der Waals surface area contributed by atoms with Crippen molar-refractivity contribution in [1.82, 2.24) is 0 Å². The summed E-state index contributed by atoms with van der Waals surface area (Å²) in [4.78, 5) is 1.51. The fourth-order valence-electron chi connectivity index (χ4n) is 2.47. The zero-order chi connectivity index (χ0) is 13.0. The topological polar surface area (TPSA) is 33.9 Å². The van der Waals surface area contributed by atoms with Crippen LogP contribution in [0.1, 0.15) is 24.0 Å². The Balaban J connectivity index is 1.77. The molecular formula is C15H24NO2+. The molecule has 0 aromatic heterocycles. The first-order valence-electron chi connectivity index (χ1n) is 6.87. The molecule has 1 aromatic carbocycles. The molecule has 100 valence electrons. The van der Waals surface area contributed by atoms with Crippen molar-refractivity contribution in [3.63, 3.8) is 0 Å². The molecule has 0 saturated carbocycles. The second-order valence-electron chi connectivity index (χ2n) is 5.37. The molecule has 18 heavy (non-hydrogen) atoms. The Kier molecular flexibility index (Phi) is 4.61. The summed E-state index contributed by atoms with van der Waals surface area (Å²) in [6, 6.07) is 6.06. The molecule has 1 fully saturated rings. The molecule has 1 atom stereocenters. The lowest BCUT2D eigenvalue weighted by molar-refractivity contribution is -0.890. The van der Waals surface area contributed by atoms with Crippen LogP contribution in [0.5, 0.6) is 5.75 Å². The number of likely N-dealkylation sites (tertiary alicyclic amines) is 1. The molecule has 3 nitrogen and oxygen atoms in total. The molecule has 2 N–H and O–H groups in total. The summed E-state index contributed by atoms with van der Waals surface area (Å²) in [6.45, 7) is 7.76. The standard InChI is InChI=1S/C15H23NO2/c1-12-5-6-15(9-13(12)2)18-11-14(17)10-16-7-3-4-8-16/h5-6,9,14,17H,3-4,7-8,10-11H2,1-2H3/p+1. The molecule has 0 amide bonds. The maximum atomic E-state index is 9.95. The fourth-order valence-corrected chi connectivity index (χ4v) is 2.47. The van der Waals surface area contributed by atoms with Gasteiger partial charge in [0.1, 0.15) is 25.0 Å². The van der Waals surface area contributed by atoms with Gasteiger partial charge >= 0.3 is 0 Å². The highest BCUT2D eigenvalue weighted by molar-refractivity contribution is 5.33. The van der Waals surface area contributed by atoms with E-state index in [1.165, 1.54) is 42.0 Å². The average Bonchev–Trinajstić information content (AvgIpc) is 2.83. The van der Waals surface area contributed by atoms with Gasteiger partial charge in [-0.15, -0.1) is 0 Å². The Morgan fingerprint density at radius 2 is 1.94 bits per heavy atom. The molecule has 2 rings (SSSR count). The zero-order valence-electron chi connectivity index (χ0n) is 11.4. The van der Waals surface area contributed by atoms with Crippen molar-refractivity contribution in [3.05, 3.63) is 29.3 Å².